The van der Waals surface area contributed by atoms with Crippen molar-refractivity contribution in [3.8, 4) is 0 Å². The van der Waals surface area contributed by atoms with Crippen molar-refractivity contribution in [3.63, 3.8) is 0 Å². The fourth-order valence-electron chi connectivity index (χ4n) is 3.72. The number of amides is 1. The summed E-state index contributed by atoms with van der Waals surface area (Å²) in [6.45, 7) is 1.32. The molecule has 7 nitrogen and oxygen atoms in total. The second-order valence-corrected chi connectivity index (χ2v) is 8.79. The summed E-state index contributed by atoms with van der Waals surface area (Å²) in [4.78, 5) is 14.3. The molecule has 1 unspecified atom stereocenters. The normalized spacial score (nSPS) is 23.1. The molecule has 1 aliphatic carbocycles. The summed E-state index contributed by atoms with van der Waals surface area (Å²) in [5.41, 5.74) is 0.813. The maximum absolute atomic E-state index is 12.4. The lowest BCUT2D eigenvalue weighted by Gasteiger charge is -2.40. The number of aromatic nitrogens is 2. The van der Waals surface area contributed by atoms with Crippen molar-refractivity contribution in [2.24, 2.45) is 0 Å². The van der Waals surface area contributed by atoms with Crippen LogP contribution in [0.5, 0.6) is 0 Å². The van der Waals surface area contributed by atoms with Crippen LogP contribution in [0.15, 0.2) is 12.3 Å². The van der Waals surface area contributed by atoms with Crippen LogP contribution in [0.4, 0.5) is 0 Å². The highest BCUT2D eigenvalue weighted by Gasteiger charge is 2.37. The molecule has 2 heterocycles. The summed E-state index contributed by atoms with van der Waals surface area (Å²) in [5, 5.41) is 6.68. The molecule has 24 heavy (non-hydrogen) atoms. The monoisotopic (exact) mass is 354 g/mol. The quantitative estimate of drug-likeness (QED) is 0.859. The summed E-state index contributed by atoms with van der Waals surface area (Å²) in [6.07, 6.45) is 8.72. The molecule has 0 aromatic carbocycles. The first-order valence-electron chi connectivity index (χ1n) is 8.69. The van der Waals surface area contributed by atoms with E-state index in [-0.39, 0.29) is 18.0 Å². The number of carbonyl (C=O) groups is 1. The molecule has 1 saturated carbocycles. The second-order valence-electron chi connectivity index (χ2n) is 6.90. The Hall–Kier alpha value is -1.41. The number of hydrogen-bond acceptors (Lipinski definition) is 4. The third-order valence-corrected chi connectivity index (χ3v) is 6.49. The van der Waals surface area contributed by atoms with Gasteiger partial charge in [0.1, 0.15) is 0 Å². The predicted molar refractivity (Wildman–Crippen MR) is 90.8 cm³/mol. The molecule has 0 radical (unpaired) electrons. The molecule has 134 valence electrons. The van der Waals surface area contributed by atoms with Crippen LogP contribution < -0.4 is 0 Å². The number of likely N-dealkylation sites (tertiary alicyclic amines) is 1. The van der Waals surface area contributed by atoms with Crippen LogP contribution in [-0.4, -0.2) is 65.2 Å². The van der Waals surface area contributed by atoms with E-state index in [1.807, 2.05) is 4.90 Å². The standard InChI is InChI=1S/C16H26N4O3S/c1-24(22,23)20(14-4-2-5-14)15-6-3-10-19(11-8-15)16(21)12-13-7-9-17-18-13/h7,9,14-15H,2-6,8,10-12H2,1H3,(H,17,18). The maximum atomic E-state index is 12.4. The lowest BCUT2D eigenvalue weighted by atomic mass is 9.91. The molecule has 1 aromatic rings. The average Bonchev–Trinajstić information content (AvgIpc) is 2.84. The summed E-state index contributed by atoms with van der Waals surface area (Å²) in [5.74, 6) is 0.0782. The number of nitrogens with zero attached hydrogens (tertiary/aromatic N) is 3. The van der Waals surface area contributed by atoms with E-state index < -0.39 is 10.0 Å². The highest BCUT2D eigenvalue weighted by Crippen LogP contribution is 2.31. The van der Waals surface area contributed by atoms with Crippen molar-refractivity contribution in [1.82, 2.24) is 19.4 Å². The SMILES string of the molecule is CS(=O)(=O)N(C1CCC1)C1CCCN(C(=O)Cc2ccn[nH]2)CC1. The van der Waals surface area contributed by atoms with Crippen LogP contribution in [0.3, 0.4) is 0 Å². The van der Waals surface area contributed by atoms with Gasteiger partial charge in [0.05, 0.1) is 12.7 Å². The Morgan fingerprint density at radius 2 is 1.96 bits per heavy atom. The topological polar surface area (TPSA) is 86.4 Å². The van der Waals surface area contributed by atoms with Gasteiger partial charge in [-0.25, -0.2) is 8.42 Å². The van der Waals surface area contributed by atoms with Crippen LogP contribution in [0, 0.1) is 0 Å². The number of rotatable bonds is 5. The molecule has 0 spiro atoms. The zero-order valence-corrected chi connectivity index (χ0v) is 15.0. The van der Waals surface area contributed by atoms with Gasteiger partial charge >= 0.3 is 0 Å². The second kappa shape index (κ2) is 7.23. The van der Waals surface area contributed by atoms with E-state index in [1.54, 1.807) is 16.6 Å². The summed E-state index contributed by atoms with van der Waals surface area (Å²) >= 11 is 0. The third-order valence-electron chi connectivity index (χ3n) is 5.13. The van der Waals surface area contributed by atoms with Crippen molar-refractivity contribution in [1.29, 1.82) is 0 Å². The van der Waals surface area contributed by atoms with E-state index in [2.05, 4.69) is 10.2 Å². The highest BCUT2D eigenvalue weighted by molar-refractivity contribution is 7.88. The van der Waals surface area contributed by atoms with Gasteiger partial charge in [-0.1, -0.05) is 6.42 Å². The van der Waals surface area contributed by atoms with Crippen molar-refractivity contribution < 1.29 is 13.2 Å². The molecule has 1 atom stereocenters. The summed E-state index contributed by atoms with van der Waals surface area (Å²) < 4.78 is 26.2. The number of hydrogen-bond donors (Lipinski definition) is 1. The van der Waals surface area contributed by atoms with Gasteiger partial charge in [-0.05, 0) is 38.2 Å². The van der Waals surface area contributed by atoms with Gasteiger partial charge in [0.15, 0.2) is 0 Å². The molecule has 1 aromatic heterocycles. The van der Waals surface area contributed by atoms with Gasteiger partial charge in [0, 0.05) is 37.1 Å². The molecule has 1 saturated heterocycles. The van der Waals surface area contributed by atoms with Crippen molar-refractivity contribution >= 4 is 15.9 Å². The zero-order chi connectivity index (χ0) is 17.2. The smallest absolute Gasteiger partial charge is 0.228 e. The first-order valence-corrected chi connectivity index (χ1v) is 10.5. The highest BCUT2D eigenvalue weighted by atomic mass is 32.2. The molecular weight excluding hydrogens is 328 g/mol. The van der Waals surface area contributed by atoms with Gasteiger partial charge < -0.3 is 4.90 Å². The van der Waals surface area contributed by atoms with E-state index in [4.69, 9.17) is 0 Å². The van der Waals surface area contributed by atoms with E-state index in [1.165, 1.54) is 6.26 Å². The Balaban J connectivity index is 1.62. The molecule has 1 amide bonds. The minimum atomic E-state index is -3.20. The molecule has 2 fully saturated rings. The zero-order valence-electron chi connectivity index (χ0n) is 14.1. The van der Waals surface area contributed by atoms with Gasteiger partial charge in [-0.3, -0.25) is 9.89 Å². The molecular formula is C16H26N4O3S. The van der Waals surface area contributed by atoms with E-state index in [9.17, 15) is 13.2 Å². The summed E-state index contributed by atoms with van der Waals surface area (Å²) in [7, 11) is -3.20. The summed E-state index contributed by atoms with van der Waals surface area (Å²) in [6, 6.07) is 1.99. The van der Waals surface area contributed by atoms with Crippen molar-refractivity contribution in [2.75, 3.05) is 19.3 Å². The molecule has 1 N–H and O–H groups in total. The van der Waals surface area contributed by atoms with Crippen LogP contribution in [0.2, 0.25) is 0 Å². The van der Waals surface area contributed by atoms with Crippen molar-refractivity contribution in [3.05, 3.63) is 18.0 Å². The average molecular weight is 354 g/mol. The third kappa shape index (κ3) is 3.97. The van der Waals surface area contributed by atoms with Crippen LogP contribution >= 0.6 is 0 Å². The fourth-order valence-corrected chi connectivity index (χ4v) is 5.23. The van der Waals surface area contributed by atoms with Gasteiger partial charge in [-0.15, -0.1) is 0 Å². The Labute approximate surface area is 143 Å². The Bertz CT molecular complexity index is 655. The van der Waals surface area contributed by atoms with E-state index >= 15 is 0 Å². The fraction of sp³-hybridized carbons (Fsp3) is 0.750. The molecule has 8 heteroatoms. The van der Waals surface area contributed by atoms with Crippen LogP contribution in [0.25, 0.3) is 0 Å². The van der Waals surface area contributed by atoms with Crippen LogP contribution in [-0.2, 0) is 21.2 Å². The Morgan fingerprint density at radius 3 is 2.54 bits per heavy atom. The van der Waals surface area contributed by atoms with Gasteiger partial charge in [0.25, 0.3) is 0 Å². The van der Waals surface area contributed by atoms with E-state index in [0.29, 0.717) is 19.5 Å². The van der Waals surface area contributed by atoms with Crippen molar-refractivity contribution in [2.45, 2.75) is 57.0 Å². The lowest BCUT2D eigenvalue weighted by Crippen LogP contribution is -2.50. The van der Waals surface area contributed by atoms with Gasteiger partial charge in [-0.2, -0.15) is 9.40 Å². The number of nitrogens with one attached hydrogen (secondary N) is 1. The van der Waals surface area contributed by atoms with E-state index in [0.717, 1.165) is 44.2 Å². The first-order chi connectivity index (χ1) is 11.4. The molecule has 1 aliphatic heterocycles. The predicted octanol–water partition coefficient (Wildman–Crippen LogP) is 1.15. The number of aromatic amines is 1. The minimum Gasteiger partial charge on any atom is -0.342 e. The largest absolute Gasteiger partial charge is 0.342 e. The van der Waals surface area contributed by atoms with Gasteiger partial charge in [0.2, 0.25) is 15.9 Å². The number of sulfonamides is 1. The Morgan fingerprint density at radius 1 is 1.25 bits per heavy atom. The Kier molecular flexibility index (Phi) is 5.24. The van der Waals surface area contributed by atoms with Crippen LogP contribution in [0.1, 0.15) is 44.2 Å². The maximum Gasteiger partial charge on any atom is 0.228 e. The molecule has 2 aliphatic rings. The lowest BCUT2D eigenvalue weighted by molar-refractivity contribution is -0.130. The molecule has 0 bridgehead atoms. The minimum absolute atomic E-state index is 0.0234. The first kappa shape index (κ1) is 17.4. The number of H-pyrrole nitrogens is 1. The number of carbonyl (C=O) groups excluding carboxylic acids is 1. The molecule has 3 rings (SSSR count).